The molecule has 0 heterocycles. The predicted molar refractivity (Wildman–Crippen MR) is 190 cm³/mol. The summed E-state index contributed by atoms with van der Waals surface area (Å²) in [6, 6.07) is -0.755. The Kier molecular flexibility index (Phi) is 33.8. The number of rotatable bonds is 34. The topological polar surface area (TPSA) is 89.8 Å². The zero-order valence-corrected chi connectivity index (χ0v) is 29.3. The van der Waals surface area contributed by atoms with Crippen LogP contribution in [0.5, 0.6) is 0 Å². The number of allylic oxidation sites excluding steroid dienone is 3. The van der Waals surface area contributed by atoms with Gasteiger partial charge in [-0.2, -0.15) is 0 Å². The Labute approximate surface area is 273 Å². The van der Waals surface area contributed by atoms with Gasteiger partial charge in [0.25, 0.3) is 0 Å². The molecule has 0 aromatic carbocycles. The van der Waals surface area contributed by atoms with Crippen molar-refractivity contribution in [3.05, 3.63) is 24.3 Å². The van der Waals surface area contributed by atoms with Gasteiger partial charge in [-0.3, -0.25) is 4.79 Å². The number of carbonyl (C=O) groups excluding carboxylic acids is 1. The van der Waals surface area contributed by atoms with E-state index < -0.39 is 18.2 Å². The first-order valence-corrected chi connectivity index (χ1v) is 19.1. The van der Waals surface area contributed by atoms with E-state index in [2.05, 4.69) is 31.3 Å². The smallest absolute Gasteiger partial charge is 0.222 e. The second kappa shape index (κ2) is 34.7. The van der Waals surface area contributed by atoms with Gasteiger partial charge in [0.15, 0.2) is 0 Å². The monoisotopic (exact) mass is 622 g/mol. The van der Waals surface area contributed by atoms with Crippen LogP contribution < -0.4 is 5.32 Å². The number of carbonyl (C=O) groups is 1. The van der Waals surface area contributed by atoms with Gasteiger partial charge < -0.3 is 20.6 Å². The van der Waals surface area contributed by atoms with Gasteiger partial charge in [0, 0.05) is 0 Å². The summed E-state index contributed by atoms with van der Waals surface area (Å²) in [6.45, 7) is 4.16. The molecule has 0 bridgehead atoms. The molecule has 0 aromatic heterocycles. The lowest BCUT2D eigenvalue weighted by Gasteiger charge is -2.21. The number of hydrogen-bond donors (Lipinski definition) is 4. The van der Waals surface area contributed by atoms with Crippen LogP contribution >= 0.6 is 0 Å². The predicted octanol–water partition coefficient (Wildman–Crippen LogP) is 10.3. The molecule has 260 valence electrons. The maximum atomic E-state index is 12.3. The molecule has 0 saturated heterocycles. The fourth-order valence-electron chi connectivity index (χ4n) is 5.77. The molecule has 5 nitrogen and oxygen atoms in total. The minimum atomic E-state index is -0.946. The molecule has 1 amide bonds. The average molecular weight is 622 g/mol. The quantitative estimate of drug-likeness (QED) is 0.0425. The third-order valence-corrected chi connectivity index (χ3v) is 8.74. The van der Waals surface area contributed by atoms with Crippen molar-refractivity contribution in [2.75, 3.05) is 6.61 Å². The molecular weight excluding hydrogens is 546 g/mol. The van der Waals surface area contributed by atoms with Gasteiger partial charge in [-0.1, -0.05) is 179 Å². The van der Waals surface area contributed by atoms with Gasteiger partial charge in [-0.25, -0.2) is 0 Å². The first kappa shape index (κ1) is 42.8. The number of hydrogen-bond acceptors (Lipinski definition) is 4. The molecule has 0 saturated carbocycles. The maximum Gasteiger partial charge on any atom is 0.222 e. The number of unbranched alkanes of at least 4 members (excludes halogenated alkanes) is 23. The van der Waals surface area contributed by atoms with Crippen molar-refractivity contribution in [2.24, 2.45) is 0 Å². The largest absolute Gasteiger partial charge is 0.394 e. The Morgan fingerprint density at radius 2 is 0.977 bits per heavy atom. The summed E-state index contributed by atoms with van der Waals surface area (Å²) in [5, 5.41) is 33.0. The van der Waals surface area contributed by atoms with Crippen LogP contribution in [0.25, 0.3) is 0 Å². The molecular formula is C39H75NO4. The molecule has 0 aliphatic carbocycles. The number of nitrogens with one attached hydrogen (secondary N) is 1. The van der Waals surface area contributed by atoms with Crippen molar-refractivity contribution >= 4 is 5.91 Å². The second-order valence-corrected chi connectivity index (χ2v) is 13.2. The first-order chi connectivity index (χ1) is 21.5. The molecule has 0 spiro atoms. The average Bonchev–Trinajstić information content (AvgIpc) is 3.01. The lowest BCUT2D eigenvalue weighted by atomic mass is 10.0. The highest BCUT2D eigenvalue weighted by atomic mass is 16.3. The minimum absolute atomic E-state index is 0.00896. The van der Waals surface area contributed by atoms with Gasteiger partial charge in [-0.05, 0) is 32.1 Å². The van der Waals surface area contributed by atoms with E-state index >= 15 is 0 Å². The van der Waals surface area contributed by atoms with E-state index in [4.69, 9.17) is 0 Å². The Morgan fingerprint density at radius 3 is 1.45 bits per heavy atom. The molecule has 0 fully saturated rings. The number of aliphatic hydroxyl groups is 3. The normalized spacial score (nSPS) is 14.0. The summed E-state index contributed by atoms with van der Waals surface area (Å²) in [5.41, 5.74) is 0. The second-order valence-electron chi connectivity index (χ2n) is 13.2. The van der Waals surface area contributed by atoms with Crippen molar-refractivity contribution in [1.29, 1.82) is 0 Å². The van der Waals surface area contributed by atoms with Gasteiger partial charge in [0.1, 0.15) is 0 Å². The Bertz CT molecular complexity index is 650. The molecule has 0 aliphatic heterocycles. The van der Waals surface area contributed by atoms with Crippen molar-refractivity contribution in [3.63, 3.8) is 0 Å². The van der Waals surface area contributed by atoms with Crippen molar-refractivity contribution < 1.29 is 20.1 Å². The lowest BCUT2D eigenvalue weighted by Crippen LogP contribution is -2.45. The highest BCUT2D eigenvalue weighted by molar-refractivity contribution is 5.76. The SMILES string of the molecule is CCCCCC/C=C/CC/C=C/C(O)C(CO)NC(=O)CC(O)CCCCCCCCCCCCCCCCCCCCC. The molecule has 0 rings (SSSR count). The summed E-state index contributed by atoms with van der Waals surface area (Å²) in [6.07, 6.45) is 40.3. The molecule has 3 unspecified atom stereocenters. The van der Waals surface area contributed by atoms with Crippen LogP contribution in [0, 0.1) is 0 Å². The third-order valence-electron chi connectivity index (χ3n) is 8.74. The Balaban J connectivity index is 3.66. The van der Waals surface area contributed by atoms with Crippen LogP contribution in [0.1, 0.15) is 194 Å². The number of amides is 1. The standard InChI is InChI=1S/C39H75NO4/c1-3-5-7-9-11-13-15-16-17-18-19-20-21-22-23-24-26-28-30-32-36(42)34-39(44)40-37(35-41)38(43)33-31-29-27-25-14-12-10-8-6-4-2/h14,25,31,33,36-38,41-43H,3-13,15-24,26-30,32,34-35H2,1-2H3,(H,40,44)/b25-14+,33-31+. The third kappa shape index (κ3) is 30.8. The van der Waals surface area contributed by atoms with Crippen LogP contribution in [-0.4, -0.2) is 46.1 Å². The van der Waals surface area contributed by atoms with E-state index in [1.165, 1.54) is 135 Å². The minimum Gasteiger partial charge on any atom is -0.394 e. The summed E-state index contributed by atoms with van der Waals surface area (Å²) >= 11 is 0. The molecule has 3 atom stereocenters. The van der Waals surface area contributed by atoms with E-state index in [0.29, 0.717) is 6.42 Å². The fraction of sp³-hybridized carbons (Fsp3) is 0.872. The molecule has 0 aromatic rings. The van der Waals surface area contributed by atoms with Crippen LogP contribution in [0.4, 0.5) is 0 Å². The van der Waals surface area contributed by atoms with E-state index in [1.807, 2.05) is 6.08 Å². The molecule has 4 N–H and O–H groups in total. The molecule has 0 radical (unpaired) electrons. The van der Waals surface area contributed by atoms with Crippen LogP contribution in [0.3, 0.4) is 0 Å². The zero-order valence-electron chi connectivity index (χ0n) is 29.3. The molecule has 44 heavy (non-hydrogen) atoms. The van der Waals surface area contributed by atoms with E-state index in [1.54, 1.807) is 6.08 Å². The van der Waals surface area contributed by atoms with Gasteiger partial charge in [0.2, 0.25) is 5.91 Å². The summed E-state index contributed by atoms with van der Waals surface area (Å²) in [7, 11) is 0. The van der Waals surface area contributed by atoms with Crippen LogP contribution in [0.15, 0.2) is 24.3 Å². The van der Waals surface area contributed by atoms with Crippen molar-refractivity contribution in [2.45, 2.75) is 212 Å². The zero-order chi connectivity index (χ0) is 32.4. The summed E-state index contributed by atoms with van der Waals surface area (Å²) in [5.74, 6) is -0.326. The van der Waals surface area contributed by atoms with E-state index in [-0.39, 0.29) is 18.9 Å². The molecule has 0 aliphatic rings. The highest BCUT2D eigenvalue weighted by Gasteiger charge is 2.20. The van der Waals surface area contributed by atoms with Gasteiger partial charge in [-0.15, -0.1) is 0 Å². The lowest BCUT2D eigenvalue weighted by molar-refractivity contribution is -0.124. The Morgan fingerprint density at radius 1 is 0.568 bits per heavy atom. The van der Waals surface area contributed by atoms with Gasteiger partial charge in [0.05, 0.1) is 31.3 Å². The highest BCUT2D eigenvalue weighted by Crippen LogP contribution is 2.15. The van der Waals surface area contributed by atoms with Crippen LogP contribution in [0.2, 0.25) is 0 Å². The first-order valence-electron chi connectivity index (χ1n) is 19.1. The van der Waals surface area contributed by atoms with Crippen molar-refractivity contribution in [1.82, 2.24) is 5.32 Å². The molecule has 5 heteroatoms. The Hall–Kier alpha value is -1.17. The van der Waals surface area contributed by atoms with E-state index in [9.17, 15) is 20.1 Å². The van der Waals surface area contributed by atoms with Crippen molar-refractivity contribution in [3.8, 4) is 0 Å². The summed E-state index contributed by atoms with van der Waals surface area (Å²) in [4.78, 5) is 12.3. The summed E-state index contributed by atoms with van der Waals surface area (Å²) < 4.78 is 0. The fourth-order valence-corrected chi connectivity index (χ4v) is 5.77. The number of aliphatic hydroxyl groups excluding tert-OH is 3. The maximum absolute atomic E-state index is 12.3. The van der Waals surface area contributed by atoms with Gasteiger partial charge >= 0.3 is 0 Å². The van der Waals surface area contributed by atoms with Crippen LogP contribution in [-0.2, 0) is 4.79 Å². The van der Waals surface area contributed by atoms with E-state index in [0.717, 1.165) is 32.1 Å².